The molecule has 88 valence electrons. The summed E-state index contributed by atoms with van der Waals surface area (Å²) in [5, 5.41) is 4.51. The molecule has 1 aliphatic heterocycles. The maximum Gasteiger partial charge on any atom is 0.0399 e. The van der Waals surface area contributed by atoms with Gasteiger partial charge >= 0.3 is 0 Å². The third-order valence-corrected chi connectivity index (χ3v) is 4.70. The Balaban J connectivity index is 1.86. The van der Waals surface area contributed by atoms with Crippen molar-refractivity contribution >= 4 is 11.3 Å². The van der Waals surface area contributed by atoms with Crippen LogP contribution >= 0.6 is 11.3 Å². The lowest BCUT2D eigenvalue weighted by Gasteiger charge is -2.41. The Hall–Kier alpha value is -0.380. The Labute approximate surface area is 101 Å². The molecule has 1 saturated heterocycles. The van der Waals surface area contributed by atoms with Gasteiger partial charge in [0, 0.05) is 12.1 Å². The number of piperidine rings is 1. The van der Waals surface area contributed by atoms with Gasteiger partial charge in [-0.1, -0.05) is 0 Å². The number of hydrogen-bond donors (Lipinski definition) is 1. The van der Waals surface area contributed by atoms with Crippen LogP contribution in [-0.4, -0.2) is 24.0 Å². The zero-order valence-electron chi connectivity index (χ0n) is 9.64. The quantitative estimate of drug-likeness (QED) is 0.874. The molecule has 1 aliphatic carbocycles. The second-order valence-corrected chi connectivity index (χ2v) is 5.89. The van der Waals surface area contributed by atoms with Gasteiger partial charge in [-0.3, -0.25) is 4.90 Å². The first-order valence-electron chi connectivity index (χ1n) is 6.38. The van der Waals surface area contributed by atoms with E-state index in [9.17, 15) is 0 Å². The fourth-order valence-corrected chi connectivity index (χ4v) is 3.76. The molecule has 0 radical (unpaired) electrons. The molecule has 2 aliphatic rings. The molecule has 1 aromatic rings. The van der Waals surface area contributed by atoms with Gasteiger partial charge in [0.05, 0.1) is 0 Å². The summed E-state index contributed by atoms with van der Waals surface area (Å²) in [6.45, 7) is 2.12. The Morgan fingerprint density at radius 3 is 2.88 bits per heavy atom. The van der Waals surface area contributed by atoms with E-state index in [1.54, 1.807) is 0 Å². The molecule has 3 heteroatoms. The van der Waals surface area contributed by atoms with E-state index < -0.39 is 0 Å². The van der Waals surface area contributed by atoms with Crippen LogP contribution in [-0.2, 0) is 0 Å². The molecule has 0 aromatic carbocycles. The highest BCUT2D eigenvalue weighted by molar-refractivity contribution is 7.07. The molecule has 0 amide bonds. The van der Waals surface area contributed by atoms with Gasteiger partial charge in [0.15, 0.2) is 0 Å². The third kappa shape index (κ3) is 1.92. The lowest BCUT2D eigenvalue weighted by molar-refractivity contribution is 0.0883. The zero-order chi connectivity index (χ0) is 11.0. The molecule has 3 rings (SSSR count). The van der Waals surface area contributed by atoms with E-state index in [0.29, 0.717) is 12.0 Å². The van der Waals surface area contributed by atoms with Crippen molar-refractivity contribution in [3.63, 3.8) is 0 Å². The number of rotatable bonds is 3. The van der Waals surface area contributed by atoms with E-state index in [2.05, 4.69) is 21.7 Å². The number of thiophene rings is 1. The van der Waals surface area contributed by atoms with E-state index >= 15 is 0 Å². The monoisotopic (exact) mass is 236 g/mol. The van der Waals surface area contributed by atoms with Gasteiger partial charge in [-0.15, -0.1) is 0 Å². The van der Waals surface area contributed by atoms with Crippen molar-refractivity contribution in [2.24, 2.45) is 11.7 Å². The van der Waals surface area contributed by atoms with Crippen LogP contribution in [0.15, 0.2) is 16.8 Å². The predicted octanol–water partition coefficient (Wildman–Crippen LogP) is 2.62. The molecule has 0 spiro atoms. The van der Waals surface area contributed by atoms with Gasteiger partial charge in [-0.2, -0.15) is 11.3 Å². The second kappa shape index (κ2) is 4.47. The van der Waals surface area contributed by atoms with Crippen molar-refractivity contribution in [2.45, 2.75) is 37.8 Å². The summed E-state index contributed by atoms with van der Waals surface area (Å²) in [6.07, 6.45) is 5.44. The van der Waals surface area contributed by atoms with Crippen LogP contribution in [0.4, 0.5) is 0 Å². The van der Waals surface area contributed by atoms with Gasteiger partial charge in [0.2, 0.25) is 0 Å². The van der Waals surface area contributed by atoms with Gasteiger partial charge in [0.25, 0.3) is 0 Å². The highest BCUT2D eigenvalue weighted by Crippen LogP contribution is 2.42. The molecule has 1 saturated carbocycles. The summed E-state index contributed by atoms with van der Waals surface area (Å²) in [5.41, 5.74) is 7.47. The Bertz CT molecular complexity index is 332. The Morgan fingerprint density at radius 2 is 2.25 bits per heavy atom. The highest BCUT2D eigenvalue weighted by Gasteiger charge is 2.39. The van der Waals surface area contributed by atoms with Gasteiger partial charge < -0.3 is 5.73 Å². The minimum absolute atomic E-state index is 0.609. The number of likely N-dealkylation sites (tertiary alicyclic amines) is 1. The summed E-state index contributed by atoms with van der Waals surface area (Å²) in [7, 11) is 0. The van der Waals surface area contributed by atoms with E-state index in [0.717, 1.165) is 12.6 Å². The Morgan fingerprint density at radius 1 is 1.38 bits per heavy atom. The molecule has 2 heterocycles. The van der Waals surface area contributed by atoms with Crippen LogP contribution in [0.1, 0.15) is 37.3 Å². The van der Waals surface area contributed by atoms with Crippen LogP contribution < -0.4 is 5.73 Å². The van der Waals surface area contributed by atoms with Crippen molar-refractivity contribution in [1.29, 1.82) is 0 Å². The van der Waals surface area contributed by atoms with Crippen molar-refractivity contribution in [3.05, 3.63) is 22.4 Å². The first-order chi connectivity index (χ1) is 7.90. The third-order valence-electron chi connectivity index (χ3n) is 4.00. The van der Waals surface area contributed by atoms with Crippen LogP contribution in [0.3, 0.4) is 0 Å². The number of nitrogens with zero attached hydrogens (tertiary/aromatic N) is 1. The minimum atomic E-state index is 0.609. The number of nitrogens with two attached hydrogens (primary N) is 1. The molecule has 2 N–H and O–H groups in total. The first-order valence-corrected chi connectivity index (χ1v) is 7.32. The molecule has 0 bridgehead atoms. The molecule has 16 heavy (non-hydrogen) atoms. The van der Waals surface area contributed by atoms with E-state index in [1.165, 1.54) is 37.8 Å². The summed E-state index contributed by atoms with van der Waals surface area (Å²) in [4.78, 5) is 2.73. The van der Waals surface area contributed by atoms with E-state index in [-0.39, 0.29) is 0 Å². The van der Waals surface area contributed by atoms with Gasteiger partial charge in [-0.25, -0.2) is 0 Å². The van der Waals surface area contributed by atoms with Crippen LogP contribution in [0.5, 0.6) is 0 Å². The average Bonchev–Trinajstić information content (AvgIpc) is 3.04. The van der Waals surface area contributed by atoms with Crippen LogP contribution in [0.25, 0.3) is 0 Å². The summed E-state index contributed by atoms with van der Waals surface area (Å²) >= 11 is 1.81. The number of hydrogen-bond acceptors (Lipinski definition) is 3. The maximum atomic E-state index is 5.96. The summed E-state index contributed by atoms with van der Waals surface area (Å²) < 4.78 is 0. The first kappa shape index (κ1) is 10.8. The fourth-order valence-electron chi connectivity index (χ4n) is 3.07. The van der Waals surface area contributed by atoms with Crippen molar-refractivity contribution in [3.8, 4) is 0 Å². The second-order valence-electron chi connectivity index (χ2n) is 5.11. The summed E-state index contributed by atoms with van der Waals surface area (Å²) in [5.74, 6) is 0.670. The molecule has 2 nitrogen and oxygen atoms in total. The standard InChI is InChI=1S/C13H20N2S/c14-8-10-2-1-6-15(12-3-4-12)13(10)11-5-7-16-9-11/h5,7,9-10,12-13H,1-4,6,8,14H2. The smallest absolute Gasteiger partial charge is 0.0399 e. The van der Waals surface area contributed by atoms with Crippen molar-refractivity contribution in [2.75, 3.05) is 13.1 Å². The normalized spacial score (nSPS) is 31.8. The molecule has 2 fully saturated rings. The SMILES string of the molecule is NCC1CCCN(C2CC2)C1c1ccsc1. The molecular formula is C13H20N2S. The molecular weight excluding hydrogens is 216 g/mol. The van der Waals surface area contributed by atoms with E-state index in [1.807, 2.05) is 11.3 Å². The van der Waals surface area contributed by atoms with Crippen molar-refractivity contribution in [1.82, 2.24) is 4.90 Å². The molecule has 1 aromatic heterocycles. The topological polar surface area (TPSA) is 29.3 Å². The minimum Gasteiger partial charge on any atom is -0.330 e. The Kier molecular flexibility index (Phi) is 3.01. The molecule has 2 atom stereocenters. The highest BCUT2D eigenvalue weighted by atomic mass is 32.1. The lowest BCUT2D eigenvalue weighted by Crippen LogP contribution is -2.42. The summed E-state index contributed by atoms with van der Waals surface area (Å²) in [6, 6.07) is 3.76. The largest absolute Gasteiger partial charge is 0.330 e. The molecule has 2 unspecified atom stereocenters. The van der Waals surface area contributed by atoms with E-state index in [4.69, 9.17) is 5.73 Å². The van der Waals surface area contributed by atoms with Crippen LogP contribution in [0, 0.1) is 5.92 Å². The lowest BCUT2D eigenvalue weighted by atomic mass is 9.85. The van der Waals surface area contributed by atoms with Gasteiger partial charge in [0.1, 0.15) is 0 Å². The maximum absolute atomic E-state index is 5.96. The van der Waals surface area contributed by atoms with Crippen LogP contribution in [0.2, 0.25) is 0 Å². The van der Waals surface area contributed by atoms with Gasteiger partial charge in [-0.05, 0) is 67.1 Å². The zero-order valence-corrected chi connectivity index (χ0v) is 10.5. The van der Waals surface area contributed by atoms with Crippen molar-refractivity contribution < 1.29 is 0 Å². The fraction of sp³-hybridized carbons (Fsp3) is 0.692. The predicted molar refractivity (Wildman–Crippen MR) is 68.6 cm³/mol. The average molecular weight is 236 g/mol.